The number of benzene rings is 1. The highest BCUT2D eigenvalue weighted by atomic mass is 19.1. The SMILES string of the molecule is Cc1cc(CC(=O)NC2CCC(CCN3CCC(C(=O)c4ccc(F)cc4)CC3)CC2)on1. The highest BCUT2D eigenvalue weighted by molar-refractivity contribution is 5.97. The van der Waals surface area contributed by atoms with Crippen molar-refractivity contribution in [3.05, 3.63) is 53.2 Å². The molecule has 1 N–H and O–H groups in total. The molecule has 2 heterocycles. The van der Waals surface area contributed by atoms with E-state index in [9.17, 15) is 14.0 Å². The number of hydrogen-bond donors (Lipinski definition) is 1. The number of piperidine rings is 1. The van der Waals surface area contributed by atoms with E-state index >= 15 is 0 Å². The van der Waals surface area contributed by atoms with Crippen molar-refractivity contribution in [3.63, 3.8) is 0 Å². The molecule has 7 heteroatoms. The minimum absolute atomic E-state index is 0.00709. The number of carbonyl (C=O) groups is 2. The number of ketones is 1. The molecule has 2 aliphatic rings. The van der Waals surface area contributed by atoms with Crippen molar-refractivity contribution in [2.75, 3.05) is 19.6 Å². The predicted molar refractivity (Wildman–Crippen MR) is 123 cm³/mol. The van der Waals surface area contributed by atoms with Crippen LogP contribution in [0.25, 0.3) is 0 Å². The molecule has 1 aromatic heterocycles. The minimum atomic E-state index is -0.306. The molecule has 178 valence electrons. The number of nitrogens with zero attached hydrogens (tertiary/aromatic N) is 2. The summed E-state index contributed by atoms with van der Waals surface area (Å²) in [6.07, 6.45) is 7.52. The smallest absolute Gasteiger partial charge is 0.227 e. The van der Waals surface area contributed by atoms with Crippen molar-refractivity contribution in [2.24, 2.45) is 11.8 Å². The number of likely N-dealkylation sites (tertiary alicyclic amines) is 1. The Bertz CT molecular complexity index is 927. The predicted octanol–water partition coefficient (Wildman–Crippen LogP) is 4.32. The van der Waals surface area contributed by atoms with Gasteiger partial charge in [0.25, 0.3) is 0 Å². The molecular formula is C26H34FN3O3. The van der Waals surface area contributed by atoms with E-state index in [1.807, 2.05) is 6.92 Å². The average molecular weight is 456 g/mol. The molecule has 1 saturated heterocycles. The van der Waals surface area contributed by atoms with Gasteiger partial charge in [0.2, 0.25) is 5.91 Å². The zero-order chi connectivity index (χ0) is 23.2. The summed E-state index contributed by atoms with van der Waals surface area (Å²) in [5.74, 6) is 1.21. The Balaban J connectivity index is 1.11. The van der Waals surface area contributed by atoms with Crippen molar-refractivity contribution in [1.29, 1.82) is 0 Å². The molecule has 2 aromatic rings. The van der Waals surface area contributed by atoms with Crippen LogP contribution in [0.1, 0.15) is 66.8 Å². The van der Waals surface area contributed by atoms with Crippen LogP contribution in [0.5, 0.6) is 0 Å². The maximum absolute atomic E-state index is 13.1. The summed E-state index contributed by atoms with van der Waals surface area (Å²) in [5, 5.41) is 6.97. The zero-order valence-electron chi connectivity index (χ0n) is 19.4. The van der Waals surface area contributed by atoms with Gasteiger partial charge in [-0.05, 0) is 102 Å². The Morgan fingerprint density at radius 3 is 2.42 bits per heavy atom. The number of aromatic nitrogens is 1. The molecule has 0 spiro atoms. The largest absolute Gasteiger partial charge is 0.361 e. The topological polar surface area (TPSA) is 75.4 Å². The van der Waals surface area contributed by atoms with E-state index in [-0.39, 0.29) is 35.9 Å². The lowest BCUT2D eigenvalue weighted by Crippen LogP contribution is -2.40. The van der Waals surface area contributed by atoms with Crippen molar-refractivity contribution in [1.82, 2.24) is 15.4 Å². The number of Topliss-reactive ketones (excluding diaryl/α,β-unsaturated/α-hetero) is 1. The van der Waals surface area contributed by atoms with Crippen LogP contribution in [0.15, 0.2) is 34.9 Å². The van der Waals surface area contributed by atoms with Crippen molar-refractivity contribution >= 4 is 11.7 Å². The minimum Gasteiger partial charge on any atom is -0.361 e. The van der Waals surface area contributed by atoms with Crippen molar-refractivity contribution in [3.8, 4) is 0 Å². The molecule has 1 amide bonds. The van der Waals surface area contributed by atoms with E-state index in [1.165, 1.54) is 18.6 Å². The van der Waals surface area contributed by atoms with E-state index in [0.717, 1.165) is 63.9 Å². The molecule has 6 nitrogen and oxygen atoms in total. The second kappa shape index (κ2) is 11.1. The van der Waals surface area contributed by atoms with Crippen molar-refractivity contribution < 1.29 is 18.5 Å². The maximum atomic E-state index is 13.1. The first-order chi connectivity index (χ1) is 16.0. The first-order valence-electron chi connectivity index (χ1n) is 12.2. The van der Waals surface area contributed by atoms with Gasteiger partial charge in [-0.15, -0.1) is 0 Å². The highest BCUT2D eigenvalue weighted by Crippen LogP contribution is 2.28. The summed E-state index contributed by atoms with van der Waals surface area (Å²) in [4.78, 5) is 27.4. The Labute approximate surface area is 194 Å². The first kappa shape index (κ1) is 23.6. The Morgan fingerprint density at radius 1 is 1.09 bits per heavy atom. The van der Waals surface area contributed by atoms with Gasteiger partial charge >= 0.3 is 0 Å². The fourth-order valence-electron chi connectivity index (χ4n) is 5.17. The Morgan fingerprint density at radius 2 is 1.79 bits per heavy atom. The fourth-order valence-corrected chi connectivity index (χ4v) is 5.17. The third kappa shape index (κ3) is 6.73. The summed E-state index contributed by atoms with van der Waals surface area (Å²) in [5.41, 5.74) is 1.41. The maximum Gasteiger partial charge on any atom is 0.227 e. The van der Waals surface area contributed by atoms with E-state index in [1.54, 1.807) is 18.2 Å². The second-order valence-electron chi connectivity index (χ2n) is 9.67. The van der Waals surface area contributed by atoms with Crippen LogP contribution >= 0.6 is 0 Å². The molecule has 4 rings (SSSR count). The van der Waals surface area contributed by atoms with Crippen LogP contribution in [-0.2, 0) is 11.2 Å². The quantitative estimate of drug-likeness (QED) is 0.600. The number of nitrogens with one attached hydrogen (secondary N) is 1. The third-order valence-corrected chi connectivity index (χ3v) is 7.16. The average Bonchev–Trinajstić information content (AvgIpc) is 3.23. The van der Waals surface area contributed by atoms with Gasteiger partial charge in [0.05, 0.1) is 12.1 Å². The number of carbonyl (C=O) groups excluding carboxylic acids is 2. The molecule has 1 aromatic carbocycles. The highest BCUT2D eigenvalue weighted by Gasteiger charge is 2.27. The molecule has 1 aliphatic heterocycles. The molecule has 0 atom stereocenters. The van der Waals surface area contributed by atoms with E-state index in [2.05, 4.69) is 15.4 Å². The summed E-state index contributed by atoms with van der Waals surface area (Å²) in [7, 11) is 0. The molecule has 33 heavy (non-hydrogen) atoms. The lowest BCUT2D eigenvalue weighted by molar-refractivity contribution is -0.121. The third-order valence-electron chi connectivity index (χ3n) is 7.16. The van der Waals surface area contributed by atoms with Crippen LogP contribution < -0.4 is 5.32 Å². The second-order valence-corrected chi connectivity index (χ2v) is 9.67. The van der Waals surface area contributed by atoms with Crippen molar-refractivity contribution in [2.45, 2.75) is 64.3 Å². The number of rotatable bonds is 8. The summed E-state index contributed by atoms with van der Waals surface area (Å²) in [6.45, 7) is 4.82. The van der Waals surface area contributed by atoms with Gasteiger partial charge in [0.15, 0.2) is 5.78 Å². The monoisotopic (exact) mass is 455 g/mol. The molecule has 0 unspecified atom stereocenters. The van der Waals surface area contributed by atoms with Crippen LogP contribution in [0.3, 0.4) is 0 Å². The number of halogens is 1. The lowest BCUT2D eigenvalue weighted by atomic mass is 9.83. The summed E-state index contributed by atoms with van der Waals surface area (Å²) < 4.78 is 18.2. The number of aryl methyl sites for hydroxylation is 1. The number of hydrogen-bond acceptors (Lipinski definition) is 5. The molecule has 0 radical (unpaired) electrons. The fraction of sp³-hybridized carbons (Fsp3) is 0.577. The van der Waals surface area contributed by atoms with Crippen LogP contribution in [0, 0.1) is 24.6 Å². The molecule has 1 saturated carbocycles. The van der Waals surface area contributed by atoms with Crippen LogP contribution in [-0.4, -0.2) is 47.4 Å². The van der Waals surface area contributed by atoms with Gasteiger partial charge in [0, 0.05) is 23.6 Å². The Hall–Kier alpha value is -2.54. The van der Waals surface area contributed by atoms with E-state index in [0.29, 0.717) is 17.2 Å². The standard InChI is InChI=1S/C26H34FN3O3/c1-18-16-24(33-29-18)17-25(31)28-23-8-2-19(3-9-23)10-13-30-14-11-21(12-15-30)26(32)20-4-6-22(27)7-5-20/h4-7,16,19,21,23H,2-3,8-15,17H2,1H3,(H,28,31). The number of amides is 1. The molecule has 2 fully saturated rings. The molecule has 1 aliphatic carbocycles. The lowest BCUT2D eigenvalue weighted by Gasteiger charge is -2.34. The van der Waals surface area contributed by atoms with Gasteiger partial charge in [-0.3, -0.25) is 9.59 Å². The van der Waals surface area contributed by atoms with Crippen LogP contribution in [0.2, 0.25) is 0 Å². The molecule has 0 bridgehead atoms. The van der Waals surface area contributed by atoms with E-state index in [4.69, 9.17) is 4.52 Å². The van der Waals surface area contributed by atoms with Gasteiger partial charge in [-0.25, -0.2) is 4.39 Å². The first-order valence-corrected chi connectivity index (χ1v) is 12.2. The Kier molecular flexibility index (Phi) is 7.91. The summed E-state index contributed by atoms with van der Waals surface area (Å²) in [6, 6.07) is 7.97. The van der Waals surface area contributed by atoms with E-state index < -0.39 is 0 Å². The normalized spacial score (nSPS) is 22.2. The molecular weight excluding hydrogens is 421 g/mol. The van der Waals surface area contributed by atoms with Crippen LogP contribution in [0.4, 0.5) is 4.39 Å². The summed E-state index contributed by atoms with van der Waals surface area (Å²) >= 11 is 0. The van der Waals surface area contributed by atoms with Gasteiger partial charge in [-0.2, -0.15) is 0 Å². The zero-order valence-corrected chi connectivity index (χ0v) is 19.4. The van der Waals surface area contributed by atoms with Gasteiger partial charge in [0.1, 0.15) is 11.6 Å². The van der Waals surface area contributed by atoms with Gasteiger partial charge < -0.3 is 14.7 Å². The van der Waals surface area contributed by atoms with Gasteiger partial charge in [-0.1, -0.05) is 5.16 Å².